The van der Waals surface area contributed by atoms with Gasteiger partial charge >= 0.3 is 0 Å². The van der Waals surface area contributed by atoms with Gasteiger partial charge in [0.05, 0.1) is 39.2 Å². The highest BCUT2D eigenvalue weighted by atomic mass is 16.6. The van der Waals surface area contributed by atoms with Crippen molar-refractivity contribution in [3.8, 4) is 28.1 Å². The van der Waals surface area contributed by atoms with Crippen LogP contribution in [-0.2, 0) is 22.4 Å². The highest BCUT2D eigenvalue weighted by molar-refractivity contribution is 5.78. The molecule has 1 saturated heterocycles. The van der Waals surface area contributed by atoms with Crippen LogP contribution >= 0.6 is 0 Å². The van der Waals surface area contributed by atoms with E-state index >= 15 is 0 Å². The minimum Gasteiger partial charge on any atom is -0.496 e. The van der Waals surface area contributed by atoms with Gasteiger partial charge in [-0.15, -0.1) is 0 Å². The number of aromatic nitrogens is 2. The second kappa shape index (κ2) is 11.8. The van der Waals surface area contributed by atoms with E-state index in [1.54, 1.807) is 13.2 Å². The van der Waals surface area contributed by atoms with Gasteiger partial charge in [0, 0.05) is 47.1 Å². The lowest BCUT2D eigenvalue weighted by atomic mass is 9.88. The van der Waals surface area contributed by atoms with Crippen LogP contribution in [0.4, 0.5) is 0 Å². The molecule has 192 valence electrons. The summed E-state index contributed by atoms with van der Waals surface area (Å²) in [6, 6.07) is 10.5. The maximum absolute atomic E-state index is 12.5. The molecule has 0 spiro atoms. The first kappa shape index (κ1) is 26.1. The maximum Gasteiger partial charge on any atom is 0.254 e. The lowest BCUT2D eigenvalue weighted by Crippen LogP contribution is -2.27. The zero-order valence-electron chi connectivity index (χ0n) is 22.2. The molecule has 0 N–H and O–H groups in total. The standard InChI is InChI=1S/C24H24N2O2.C4H8O2.C2H6/c1-14-10-20-17(8-9-26-23(27)12-22(28-3)15(2)24(20)26)11-19(14)18-6-7-21(25-13-18)16-4-5-16;1-2-6-4-3-5-1;1-2/h6-7,10-13,16H,4-5,8-9H2,1-3H3;1-4H2;1-2H3. The van der Waals surface area contributed by atoms with Gasteiger partial charge in [-0.1, -0.05) is 26.0 Å². The van der Waals surface area contributed by atoms with Crippen LogP contribution in [0.2, 0.25) is 0 Å². The Morgan fingerprint density at radius 3 is 2.22 bits per heavy atom. The molecule has 2 aromatic heterocycles. The molecule has 1 aromatic carbocycles. The Bertz CT molecular complexity index is 1230. The summed E-state index contributed by atoms with van der Waals surface area (Å²) in [6.07, 6.45) is 5.41. The molecule has 36 heavy (non-hydrogen) atoms. The number of methoxy groups -OCH3 is 1. The van der Waals surface area contributed by atoms with E-state index in [0.29, 0.717) is 18.2 Å². The summed E-state index contributed by atoms with van der Waals surface area (Å²) in [6.45, 7) is 12.0. The monoisotopic (exact) mass is 490 g/mol. The minimum atomic E-state index is 0.00435. The third-order valence-corrected chi connectivity index (χ3v) is 6.88. The molecule has 0 radical (unpaired) electrons. The van der Waals surface area contributed by atoms with Gasteiger partial charge in [0.25, 0.3) is 5.56 Å². The number of aryl methyl sites for hydroxylation is 2. The fourth-order valence-corrected chi connectivity index (χ4v) is 4.86. The summed E-state index contributed by atoms with van der Waals surface area (Å²) >= 11 is 0. The van der Waals surface area contributed by atoms with Gasteiger partial charge < -0.3 is 18.8 Å². The Morgan fingerprint density at radius 1 is 0.972 bits per heavy atom. The Hall–Kier alpha value is -2.96. The number of benzene rings is 1. The molecule has 6 nitrogen and oxygen atoms in total. The van der Waals surface area contributed by atoms with Crippen LogP contribution in [-0.4, -0.2) is 43.1 Å². The quantitative estimate of drug-likeness (QED) is 0.472. The van der Waals surface area contributed by atoms with Crippen LogP contribution in [0.15, 0.2) is 41.3 Å². The summed E-state index contributed by atoms with van der Waals surface area (Å²) in [5, 5.41) is 0. The van der Waals surface area contributed by atoms with Gasteiger partial charge in [-0.2, -0.15) is 0 Å². The zero-order chi connectivity index (χ0) is 25.7. The molecule has 2 fully saturated rings. The SMILES string of the molecule is C1COCCO1.CC.COc1cc(=O)n2c(c1C)-c1cc(C)c(-c3ccc(C4CC4)nc3)cc1CC2. The number of nitrogens with zero attached hydrogens (tertiary/aromatic N) is 2. The van der Waals surface area contributed by atoms with E-state index in [0.717, 1.165) is 55.2 Å². The van der Waals surface area contributed by atoms with Crippen LogP contribution in [0.5, 0.6) is 5.75 Å². The first-order chi connectivity index (χ1) is 17.6. The van der Waals surface area contributed by atoms with Crippen molar-refractivity contribution >= 4 is 0 Å². The highest BCUT2D eigenvalue weighted by Gasteiger charge is 2.25. The van der Waals surface area contributed by atoms with E-state index in [1.807, 2.05) is 31.5 Å². The summed E-state index contributed by atoms with van der Waals surface area (Å²) in [4.78, 5) is 17.2. The largest absolute Gasteiger partial charge is 0.496 e. The van der Waals surface area contributed by atoms with Crippen molar-refractivity contribution in [2.75, 3.05) is 33.5 Å². The van der Waals surface area contributed by atoms with Crippen molar-refractivity contribution in [1.82, 2.24) is 9.55 Å². The van der Waals surface area contributed by atoms with E-state index in [-0.39, 0.29) is 5.56 Å². The maximum atomic E-state index is 12.5. The molecule has 6 rings (SSSR count). The summed E-state index contributed by atoms with van der Waals surface area (Å²) in [5.41, 5.74) is 9.24. The van der Waals surface area contributed by atoms with E-state index in [9.17, 15) is 4.79 Å². The lowest BCUT2D eigenvalue weighted by molar-refractivity contribution is -0.0334. The average molecular weight is 491 g/mol. The molecule has 0 unspecified atom stereocenters. The fourth-order valence-electron chi connectivity index (χ4n) is 4.86. The van der Waals surface area contributed by atoms with Gasteiger partial charge in [0.2, 0.25) is 0 Å². The van der Waals surface area contributed by atoms with Gasteiger partial charge in [-0.3, -0.25) is 9.78 Å². The van der Waals surface area contributed by atoms with Gasteiger partial charge in [0.1, 0.15) is 5.75 Å². The lowest BCUT2D eigenvalue weighted by Gasteiger charge is -2.26. The van der Waals surface area contributed by atoms with Crippen LogP contribution in [0.25, 0.3) is 22.4 Å². The highest BCUT2D eigenvalue weighted by Crippen LogP contribution is 2.40. The number of rotatable bonds is 3. The second-order valence-electron chi connectivity index (χ2n) is 9.22. The smallest absolute Gasteiger partial charge is 0.254 e. The van der Waals surface area contributed by atoms with Crippen molar-refractivity contribution in [3.05, 3.63) is 69.3 Å². The van der Waals surface area contributed by atoms with E-state index in [1.165, 1.54) is 35.2 Å². The summed E-state index contributed by atoms with van der Waals surface area (Å²) < 4.78 is 17.2. The van der Waals surface area contributed by atoms with Gasteiger partial charge in [0.15, 0.2) is 0 Å². The van der Waals surface area contributed by atoms with Gasteiger partial charge in [-0.25, -0.2) is 0 Å². The van der Waals surface area contributed by atoms with E-state index < -0.39 is 0 Å². The Labute approximate surface area is 214 Å². The molecule has 0 bridgehead atoms. The summed E-state index contributed by atoms with van der Waals surface area (Å²) in [7, 11) is 1.62. The Kier molecular flexibility index (Phi) is 8.60. The molecule has 1 saturated carbocycles. The van der Waals surface area contributed by atoms with Crippen LogP contribution in [0.1, 0.15) is 55.0 Å². The first-order valence-electron chi connectivity index (χ1n) is 13.1. The molecular weight excluding hydrogens is 452 g/mol. The predicted octanol–water partition coefficient (Wildman–Crippen LogP) is 5.70. The van der Waals surface area contributed by atoms with E-state index in [2.05, 4.69) is 31.2 Å². The molecule has 6 heteroatoms. The summed E-state index contributed by atoms with van der Waals surface area (Å²) in [5.74, 6) is 1.33. The van der Waals surface area contributed by atoms with Crippen LogP contribution in [0, 0.1) is 13.8 Å². The molecule has 3 aromatic rings. The first-order valence-corrected chi connectivity index (χ1v) is 13.1. The number of hydrogen-bond acceptors (Lipinski definition) is 5. The molecule has 1 aliphatic carbocycles. The molecule has 2 aliphatic heterocycles. The molecule has 0 amide bonds. The van der Waals surface area contributed by atoms with Crippen LogP contribution < -0.4 is 10.3 Å². The van der Waals surface area contributed by atoms with Gasteiger partial charge in [-0.05, 0) is 61.9 Å². The van der Waals surface area contributed by atoms with E-state index in [4.69, 9.17) is 19.2 Å². The number of pyridine rings is 2. The number of hydrogen-bond donors (Lipinski definition) is 0. The van der Waals surface area contributed by atoms with Crippen molar-refractivity contribution < 1.29 is 14.2 Å². The zero-order valence-corrected chi connectivity index (χ0v) is 22.2. The number of fused-ring (bicyclic) bond motifs is 3. The van der Waals surface area contributed by atoms with Crippen molar-refractivity contribution in [2.24, 2.45) is 0 Å². The predicted molar refractivity (Wildman–Crippen MR) is 144 cm³/mol. The van der Waals surface area contributed by atoms with Crippen molar-refractivity contribution in [1.29, 1.82) is 0 Å². The molecular formula is C30H38N2O4. The molecule has 0 atom stereocenters. The average Bonchev–Trinajstić information content (AvgIpc) is 3.78. The third-order valence-electron chi connectivity index (χ3n) is 6.88. The van der Waals surface area contributed by atoms with Crippen molar-refractivity contribution in [2.45, 2.75) is 59.4 Å². The molecule has 4 heterocycles. The number of ether oxygens (including phenoxy) is 3. The Morgan fingerprint density at radius 2 is 1.67 bits per heavy atom. The fraction of sp³-hybridized carbons (Fsp3) is 0.467. The third kappa shape index (κ3) is 5.55. The topological polar surface area (TPSA) is 62.6 Å². The molecule has 3 aliphatic rings. The minimum absolute atomic E-state index is 0.00435. The normalized spacial score (nSPS) is 15.9. The van der Waals surface area contributed by atoms with Crippen molar-refractivity contribution in [3.63, 3.8) is 0 Å². The second-order valence-corrected chi connectivity index (χ2v) is 9.22. The van der Waals surface area contributed by atoms with Crippen LogP contribution in [0.3, 0.4) is 0 Å². The Balaban J connectivity index is 0.000000330.